The molecule has 4 amide bonds. The van der Waals surface area contributed by atoms with Crippen molar-refractivity contribution in [3.8, 4) is 22.3 Å². The predicted octanol–water partition coefficient (Wildman–Crippen LogP) is 11.4. The molecule has 0 aromatic heterocycles. The number of hydrazine groups is 2. The number of alkyl carbamates (subject to hydrolysis) is 1. The van der Waals surface area contributed by atoms with E-state index in [0.29, 0.717) is 71.9 Å². The summed E-state index contributed by atoms with van der Waals surface area (Å²) in [5.74, 6) is -6.67. The number of hydrogen-bond acceptors (Lipinski definition) is 20. The van der Waals surface area contributed by atoms with Gasteiger partial charge in [-0.1, -0.05) is 208 Å². The Morgan fingerprint density at radius 2 is 0.889 bits per heavy atom. The maximum absolute atomic E-state index is 13.9. The molecule has 0 radical (unpaired) electrons. The van der Waals surface area contributed by atoms with Gasteiger partial charge < -0.3 is 58.4 Å². The van der Waals surface area contributed by atoms with Crippen molar-refractivity contribution in [2.75, 3.05) is 92.4 Å². The summed E-state index contributed by atoms with van der Waals surface area (Å²) in [4.78, 5) is 115. The van der Waals surface area contributed by atoms with Crippen molar-refractivity contribution >= 4 is 123 Å². The smallest absolute Gasteiger partial charge is 0.408 e. The first-order valence-electron chi connectivity index (χ1n) is 36.0. The van der Waals surface area contributed by atoms with Gasteiger partial charge in [0, 0.05) is 35.8 Å². The topological polar surface area (TPSA) is 312 Å². The number of carbonyl (C=O) groups is 9. The van der Waals surface area contributed by atoms with Gasteiger partial charge in [-0.25, -0.2) is 15.6 Å². The zero-order valence-corrected chi connectivity index (χ0v) is 66.6. The Bertz CT molecular complexity index is 3690. The number of halogens is 6. The van der Waals surface area contributed by atoms with Crippen molar-refractivity contribution < 1.29 is 90.9 Å². The maximum atomic E-state index is 13.9. The average Bonchev–Trinajstić information content (AvgIpc) is 1.62. The van der Waals surface area contributed by atoms with E-state index in [1.807, 2.05) is 88.4 Å². The quantitative estimate of drug-likeness (QED) is 0.0200. The van der Waals surface area contributed by atoms with Crippen LogP contribution in [0.5, 0.6) is 0 Å². The fourth-order valence-electron chi connectivity index (χ4n) is 13.1. The molecule has 0 unspecified atom stereocenters. The summed E-state index contributed by atoms with van der Waals surface area (Å²) in [6.07, 6.45) is 0.823. The van der Waals surface area contributed by atoms with Gasteiger partial charge in [-0.15, -0.1) is 0 Å². The molecule has 31 heteroatoms. The minimum absolute atomic E-state index is 0.00122. The number of aliphatic carboxylic acids is 1. The highest BCUT2D eigenvalue weighted by Crippen LogP contribution is 2.46. The summed E-state index contributed by atoms with van der Waals surface area (Å²) >= 11 is 34.0. The molecule has 4 saturated heterocycles. The Labute approximate surface area is 660 Å². The van der Waals surface area contributed by atoms with Crippen molar-refractivity contribution in [1.29, 1.82) is 0 Å². The van der Waals surface area contributed by atoms with Crippen LogP contribution in [0.1, 0.15) is 135 Å². The summed E-state index contributed by atoms with van der Waals surface area (Å²) in [6.45, 7) is 19.2. The minimum Gasteiger partial charge on any atom is -0.481 e. The van der Waals surface area contributed by atoms with Crippen LogP contribution >= 0.6 is 69.6 Å². The molecule has 6 atom stereocenters. The van der Waals surface area contributed by atoms with Crippen molar-refractivity contribution in [3.63, 3.8) is 0 Å². The van der Waals surface area contributed by atoms with E-state index in [4.69, 9.17) is 112 Å². The summed E-state index contributed by atoms with van der Waals surface area (Å²) in [5.41, 5.74) is 13.7. The van der Waals surface area contributed by atoms with Crippen LogP contribution in [-0.4, -0.2) is 199 Å². The van der Waals surface area contributed by atoms with Gasteiger partial charge in [-0.2, -0.15) is 0 Å². The van der Waals surface area contributed by atoms with E-state index in [9.17, 15) is 48.3 Å². The third-order valence-corrected chi connectivity index (χ3v) is 19.5. The van der Waals surface area contributed by atoms with E-state index in [0.717, 1.165) is 33.4 Å². The third kappa shape index (κ3) is 25.5. The zero-order chi connectivity index (χ0) is 78.9. The summed E-state index contributed by atoms with van der Waals surface area (Å²) in [6, 6.07) is 28.6. The molecule has 2 aliphatic carbocycles. The number of carboxylic acids is 1. The number of ether oxygens (including phenoxy) is 9. The number of nitrogens with zero attached hydrogens (tertiary/aromatic N) is 2. The van der Waals surface area contributed by atoms with Crippen LogP contribution in [0, 0.1) is 34.5 Å². The normalized spacial score (nSPS) is 18.9. The molecular weight excluding hydrogens is 1530 g/mol. The molecule has 6 aliphatic rings. The fraction of sp³-hybridized carbons (Fsp3) is 0.571. The zero-order valence-electron chi connectivity index (χ0n) is 62.1. The molecule has 108 heavy (non-hydrogen) atoms. The molecule has 4 aliphatic heterocycles. The van der Waals surface area contributed by atoms with Crippen LogP contribution in [0.3, 0.4) is 0 Å². The minimum atomic E-state index is -1.78. The van der Waals surface area contributed by atoms with Crippen LogP contribution in [0.25, 0.3) is 22.3 Å². The first kappa shape index (κ1) is 87.0. The Hall–Kier alpha value is -6.59. The van der Waals surface area contributed by atoms with Crippen molar-refractivity contribution in [2.45, 2.75) is 150 Å². The molecule has 10 rings (SSSR count). The van der Waals surface area contributed by atoms with E-state index in [-0.39, 0.29) is 80.3 Å². The molecule has 5 N–H and O–H groups in total. The maximum Gasteiger partial charge on any atom is 0.408 e. The van der Waals surface area contributed by atoms with Crippen molar-refractivity contribution in [3.05, 3.63) is 119 Å². The highest BCUT2D eigenvalue weighted by Gasteiger charge is 2.42. The lowest BCUT2D eigenvalue weighted by Gasteiger charge is -2.38. The second-order valence-electron chi connectivity index (χ2n) is 30.2. The molecule has 0 saturated carbocycles. The second kappa shape index (κ2) is 39.0. The Balaban J connectivity index is 0.000000218. The number of esters is 4. The van der Waals surface area contributed by atoms with Gasteiger partial charge in [-0.05, 0) is 103 Å². The Morgan fingerprint density at radius 1 is 0.537 bits per heavy atom. The van der Waals surface area contributed by atoms with Gasteiger partial charge in [0.2, 0.25) is 13.5 Å². The van der Waals surface area contributed by atoms with Crippen LogP contribution in [0.2, 0.25) is 0 Å². The van der Waals surface area contributed by atoms with Gasteiger partial charge in [0.1, 0.15) is 56.2 Å². The largest absolute Gasteiger partial charge is 0.481 e. The highest BCUT2D eigenvalue weighted by atomic mass is 35.6. The number of fused-ring (bicyclic) bond motifs is 6. The first-order chi connectivity index (χ1) is 50.9. The third-order valence-electron chi connectivity index (χ3n) is 18.9. The molecule has 592 valence electrons. The number of benzene rings is 4. The molecule has 4 heterocycles. The van der Waals surface area contributed by atoms with Crippen LogP contribution < -0.4 is 21.5 Å². The molecule has 4 aromatic carbocycles. The number of rotatable bonds is 28. The van der Waals surface area contributed by atoms with E-state index in [1.165, 1.54) is 21.1 Å². The molecule has 0 spiro atoms. The van der Waals surface area contributed by atoms with E-state index in [2.05, 4.69) is 57.9 Å². The SMILES string of the molecule is CC(C)[C@H](CC(=O)OCC1c2ccccc2-c2ccccc21)C(=O)N[C@@H](COCC1(C)COC1)C(=O)N1CCC[C@@H](C(=O)OCC(Cl)(Cl)Cl)N1.CC(C)[C@H](CC(=O)OCC1c2ccccc2-c2ccccc21)C(=O)O.CC1(COC[C@H](NC(=O)OC(C)(C)C)C(=O)N2CCC[C@@H](C(=O)OCC(Cl)(Cl)Cl)N2)COC1. The molecule has 4 fully saturated rings. The highest BCUT2D eigenvalue weighted by molar-refractivity contribution is 6.68. The van der Waals surface area contributed by atoms with E-state index < -0.39 is 116 Å². The molecule has 25 nitrogen and oxygen atoms in total. The molecular formula is C77H98Cl6N6O19. The number of carboxylic acid groups (broad SMARTS) is 1. The molecule has 4 aromatic rings. The lowest BCUT2D eigenvalue weighted by Crippen LogP contribution is -2.61. The van der Waals surface area contributed by atoms with E-state index in [1.54, 1.807) is 34.6 Å². The summed E-state index contributed by atoms with van der Waals surface area (Å²) in [5, 5.41) is 17.2. The predicted molar refractivity (Wildman–Crippen MR) is 406 cm³/mol. The van der Waals surface area contributed by atoms with E-state index >= 15 is 0 Å². The lowest BCUT2D eigenvalue weighted by molar-refractivity contribution is -0.157. The summed E-state index contributed by atoms with van der Waals surface area (Å²) < 4.78 is 45.4. The average molecular weight is 1620 g/mol. The monoisotopic (exact) mass is 1620 g/mol. The summed E-state index contributed by atoms with van der Waals surface area (Å²) in [7, 11) is 0. The van der Waals surface area contributed by atoms with Gasteiger partial charge in [0.25, 0.3) is 11.8 Å². The van der Waals surface area contributed by atoms with Crippen molar-refractivity contribution in [2.24, 2.45) is 34.5 Å². The number of alkyl halides is 6. The van der Waals surface area contributed by atoms with Crippen LogP contribution in [0.15, 0.2) is 97.1 Å². The van der Waals surface area contributed by atoms with Gasteiger partial charge in [0.05, 0.1) is 77.5 Å². The van der Waals surface area contributed by atoms with Crippen LogP contribution in [-0.2, 0) is 81.0 Å². The number of carbonyl (C=O) groups excluding carboxylic acids is 8. The van der Waals surface area contributed by atoms with Gasteiger partial charge in [-0.3, -0.25) is 48.4 Å². The Kier molecular flexibility index (Phi) is 31.5. The standard InChI is InChI=1S/C36H44Cl3N3O8.C21H22O4.C20H32Cl3N3O7/c1-22(2)27(15-31(43)49-16-28-25-11-6-4-9-23(25)24-10-5-7-12-26(24)28)32(44)40-30(17-47-18-35(3)19-48-20-35)33(45)42-14-8-13-29(41-42)34(46)50-21-36(37,38)39;1-13(2)18(21(23)24)11-20(22)25-12-19-16-9-5-3-7-14(16)15-8-4-6-10-17(15)19;1-18(2,3)33-17(29)24-14(8-30-9-19(4)10-31-11-19)15(27)26-7-5-6-13(25-26)16(28)32-12-20(21,22)23/h4-7,9-12,22,27-30,41H,8,13-21H2,1-3H3,(H,40,44);3-10,13,18-19H,11-12H2,1-2H3,(H,23,24);13-14,25H,5-12H2,1-4H3,(H,24,29)/t27-,29-,30-;18-;13-,14-/m000/s1. The second-order valence-corrected chi connectivity index (χ2v) is 35.3. The van der Waals surface area contributed by atoms with Crippen LogP contribution in [0.4, 0.5) is 4.79 Å². The first-order valence-corrected chi connectivity index (χ1v) is 38.3. The van der Waals surface area contributed by atoms with Gasteiger partial charge in [0.15, 0.2) is 0 Å². The number of amides is 4. The fourth-order valence-corrected chi connectivity index (χ4v) is 13.4. The molecule has 0 bridgehead atoms. The lowest BCUT2D eigenvalue weighted by atomic mass is 9.90. The number of nitrogens with one attached hydrogen (secondary N) is 4. The number of hydrogen-bond donors (Lipinski definition) is 5. The Morgan fingerprint density at radius 3 is 1.21 bits per heavy atom. The van der Waals surface area contributed by atoms with Gasteiger partial charge >= 0.3 is 35.9 Å². The van der Waals surface area contributed by atoms with Crippen molar-refractivity contribution in [1.82, 2.24) is 31.5 Å².